The maximum Gasteiger partial charge on any atom is 0.417 e. The molecular weight excluding hydrogens is 853 g/mol. The number of hydrogen-bond donors (Lipinski definition) is 5. The number of furan rings is 1. The standard InChI is InChI=1S/C27H22N2O5.C26H24N2O5/c1-33-27(32)29(23(26(30)31)14-17-6-3-2-4-7-17)25-16-19-15-18(10-11-24(19)34-25)20-8-5-9-22-21(20)12-13-28-22;29-25(30)24(15-18-5-2-1-3-6-18)28-26(31)33-16-19-9-11-21(12-10-19)32-17-20-7-4-8-23-22(20)13-14-27-23/h2-13,15-16,23,28H,14H2,1H3,(H,30,31);1-14,24,27H,15-17H2,(H,28,31)(H,29,30)/t23-;/m1./s1. The van der Waals surface area contributed by atoms with E-state index in [1.54, 1.807) is 18.2 Å². The minimum Gasteiger partial charge on any atom is -0.489 e. The molecule has 14 heteroatoms. The highest BCUT2D eigenvalue weighted by atomic mass is 16.6. The third-order valence-electron chi connectivity index (χ3n) is 11.1. The summed E-state index contributed by atoms with van der Waals surface area (Å²) in [4.78, 5) is 56.0. The van der Waals surface area contributed by atoms with E-state index >= 15 is 0 Å². The summed E-state index contributed by atoms with van der Waals surface area (Å²) in [5.41, 5.74) is 8.12. The van der Waals surface area contributed by atoms with Crippen molar-refractivity contribution in [3.05, 3.63) is 192 Å². The molecule has 2 amide bonds. The quantitative estimate of drug-likeness (QED) is 0.0660. The van der Waals surface area contributed by atoms with Gasteiger partial charge in [-0.3, -0.25) is 0 Å². The lowest BCUT2D eigenvalue weighted by atomic mass is 10.0. The average molecular weight is 899 g/mol. The lowest BCUT2D eigenvalue weighted by molar-refractivity contribution is -0.139. The number of nitrogens with one attached hydrogen (secondary N) is 3. The van der Waals surface area contributed by atoms with Crippen molar-refractivity contribution in [3.8, 4) is 16.9 Å². The normalized spacial score (nSPS) is 11.8. The molecule has 0 fully saturated rings. The second-order valence-electron chi connectivity index (χ2n) is 15.6. The SMILES string of the molecule is COC(=O)N(c1cc2cc(-c3cccc4[nH]ccc34)ccc2o1)[C@H](Cc1ccccc1)C(=O)O.O=C(NC(Cc1ccccc1)C(=O)O)OCc1ccc(OCc2cccc3[nH]ccc23)cc1. The Kier molecular flexibility index (Phi) is 13.9. The number of benzene rings is 6. The number of carboxylic acids is 2. The highest BCUT2D eigenvalue weighted by Crippen LogP contribution is 2.34. The van der Waals surface area contributed by atoms with Crippen LogP contribution >= 0.6 is 0 Å². The van der Waals surface area contributed by atoms with Crippen LogP contribution in [0.15, 0.2) is 175 Å². The zero-order chi connectivity index (χ0) is 46.7. The lowest BCUT2D eigenvalue weighted by Crippen LogP contribution is -2.46. The molecule has 14 nitrogen and oxygen atoms in total. The Morgan fingerprint density at radius 2 is 1.31 bits per heavy atom. The number of carbonyl (C=O) groups is 4. The van der Waals surface area contributed by atoms with Crippen LogP contribution in [0.5, 0.6) is 5.75 Å². The molecule has 0 bridgehead atoms. The van der Waals surface area contributed by atoms with Gasteiger partial charge in [0.2, 0.25) is 5.88 Å². The predicted octanol–water partition coefficient (Wildman–Crippen LogP) is 10.5. The third kappa shape index (κ3) is 11.0. The van der Waals surface area contributed by atoms with Crippen molar-refractivity contribution < 1.29 is 48.0 Å². The zero-order valence-corrected chi connectivity index (χ0v) is 36.3. The maximum atomic E-state index is 12.7. The fourth-order valence-corrected chi connectivity index (χ4v) is 7.75. The van der Waals surface area contributed by atoms with E-state index in [0.717, 1.165) is 65.5 Å². The number of hydrogen-bond acceptors (Lipinski definition) is 8. The van der Waals surface area contributed by atoms with E-state index < -0.39 is 36.2 Å². The molecule has 0 aliphatic rings. The molecule has 5 N–H and O–H groups in total. The number of ether oxygens (including phenoxy) is 3. The summed E-state index contributed by atoms with van der Waals surface area (Å²) in [5.74, 6) is -1.46. The van der Waals surface area contributed by atoms with Crippen molar-refractivity contribution in [2.45, 2.75) is 38.1 Å². The average Bonchev–Trinajstić information content (AvgIpc) is 4.14. The first kappa shape index (κ1) is 44.8. The molecule has 0 aliphatic carbocycles. The number of methoxy groups -OCH3 is 1. The van der Waals surface area contributed by atoms with E-state index in [1.807, 2.05) is 152 Å². The first-order chi connectivity index (χ1) is 32.6. The van der Waals surface area contributed by atoms with E-state index in [2.05, 4.69) is 15.3 Å². The highest BCUT2D eigenvalue weighted by Gasteiger charge is 2.34. The number of anilines is 1. The Labute approximate surface area is 384 Å². The van der Waals surface area contributed by atoms with E-state index in [-0.39, 0.29) is 25.3 Å². The van der Waals surface area contributed by atoms with Crippen LogP contribution in [-0.2, 0) is 45.1 Å². The van der Waals surface area contributed by atoms with Crippen LogP contribution in [0.1, 0.15) is 22.3 Å². The minimum absolute atomic E-state index is 0.0203. The number of H-pyrrole nitrogens is 2. The molecular formula is C53H46N4O10. The first-order valence-electron chi connectivity index (χ1n) is 21.3. The molecule has 1 unspecified atom stereocenters. The minimum atomic E-state index is -1.21. The monoisotopic (exact) mass is 898 g/mol. The molecule has 0 radical (unpaired) electrons. The van der Waals surface area contributed by atoms with Gasteiger partial charge in [-0.25, -0.2) is 24.1 Å². The molecule has 9 aromatic rings. The van der Waals surface area contributed by atoms with Crippen LogP contribution in [0, 0.1) is 0 Å². The molecule has 67 heavy (non-hydrogen) atoms. The van der Waals surface area contributed by atoms with Crippen LogP contribution in [0.3, 0.4) is 0 Å². The van der Waals surface area contributed by atoms with Gasteiger partial charge in [-0.1, -0.05) is 103 Å². The van der Waals surface area contributed by atoms with Gasteiger partial charge in [0.15, 0.2) is 0 Å². The molecule has 0 saturated heterocycles. The smallest absolute Gasteiger partial charge is 0.417 e. The molecule has 6 aromatic carbocycles. The van der Waals surface area contributed by atoms with Crippen molar-refractivity contribution in [1.82, 2.24) is 15.3 Å². The van der Waals surface area contributed by atoms with Crippen molar-refractivity contribution in [2.75, 3.05) is 12.0 Å². The molecule has 0 aliphatic heterocycles. The Bertz CT molecular complexity index is 3120. The van der Waals surface area contributed by atoms with E-state index in [4.69, 9.17) is 18.6 Å². The Morgan fingerprint density at radius 3 is 1.99 bits per heavy atom. The number of alkyl carbamates (subject to hydrolysis) is 1. The number of carboxylic acid groups (broad SMARTS) is 2. The number of aromatic amines is 2. The van der Waals surface area contributed by atoms with Crippen molar-refractivity contribution in [2.24, 2.45) is 0 Å². The maximum absolute atomic E-state index is 12.7. The molecule has 2 atom stereocenters. The van der Waals surface area contributed by atoms with E-state index in [0.29, 0.717) is 17.9 Å². The van der Waals surface area contributed by atoms with Crippen LogP contribution < -0.4 is 15.0 Å². The topological polar surface area (TPSA) is 196 Å². The molecule has 0 spiro atoms. The lowest BCUT2D eigenvalue weighted by Gasteiger charge is -2.25. The molecule has 9 rings (SSSR count). The van der Waals surface area contributed by atoms with Gasteiger partial charge in [0.05, 0.1) is 7.11 Å². The fourth-order valence-electron chi connectivity index (χ4n) is 7.75. The molecule has 338 valence electrons. The summed E-state index contributed by atoms with van der Waals surface area (Å²) < 4.78 is 21.9. The largest absolute Gasteiger partial charge is 0.489 e. The summed E-state index contributed by atoms with van der Waals surface area (Å²) in [7, 11) is 1.22. The number of amides is 2. The van der Waals surface area contributed by atoms with Crippen LogP contribution in [-0.4, -0.2) is 63.5 Å². The summed E-state index contributed by atoms with van der Waals surface area (Å²) in [6.07, 6.45) is 2.49. The van der Waals surface area contributed by atoms with Gasteiger partial charge in [-0.15, -0.1) is 0 Å². The van der Waals surface area contributed by atoms with Gasteiger partial charge in [-0.05, 0) is 81.9 Å². The van der Waals surface area contributed by atoms with Crippen LogP contribution in [0.2, 0.25) is 0 Å². The van der Waals surface area contributed by atoms with Gasteiger partial charge in [0.1, 0.15) is 36.6 Å². The summed E-state index contributed by atoms with van der Waals surface area (Å²) in [6, 6.07) is 46.7. The van der Waals surface area contributed by atoms with Crippen LogP contribution in [0.4, 0.5) is 15.5 Å². The predicted molar refractivity (Wildman–Crippen MR) is 254 cm³/mol. The number of carbonyl (C=O) groups excluding carboxylic acids is 2. The Morgan fingerprint density at radius 1 is 0.657 bits per heavy atom. The number of nitrogens with zero attached hydrogens (tertiary/aromatic N) is 1. The second-order valence-corrected chi connectivity index (χ2v) is 15.6. The van der Waals surface area contributed by atoms with E-state index in [1.165, 1.54) is 7.11 Å². The van der Waals surface area contributed by atoms with Crippen LogP contribution in [0.25, 0.3) is 43.9 Å². The summed E-state index contributed by atoms with van der Waals surface area (Å²) in [6.45, 7) is 0.456. The van der Waals surface area contributed by atoms with Gasteiger partial charge in [0, 0.05) is 58.5 Å². The van der Waals surface area contributed by atoms with Gasteiger partial charge < -0.3 is 44.1 Å². The van der Waals surface area contributed by atoms with Crippen molar-refractivity contribution in [3.63, 3.8) is 0 Å². The summed E-state index contributed by atoms with van der Waals surface area (Å²) in [5, 5.41) is 24.7. The van der Waals surface area contributed by atoms with Gasteiger partial charge in [0.25, 0.3) is 0 Å². The fraction of sp³-hybridized carbons (Fsp3) is 0.132. The highest BCUT2D eigenvalue weighted by molar-refractivity contribution is 5.99. The molecule has 0 saturated carbocycles. The van der Waals surface area contributed by atoms with Gasteiger partial charge >= 0.3 is 24.1 Å². The van der Waals surface area contributed by atoms with Crippen molar-refractivity contribution in [1.29, 1.82) is 0 Å². The first-order valence-corrected chi connectivity index (χ1v) is 21.3. The number of aliphatic carboxylic acids is 2. The third-order valence-corrected chi connectivity index (χ3v) is 11.1. The Balaban J connectivity index is 0.000000182. The van der Waals surface area contributed by atoms with Gasteiger partial charge in [-0.2, -0.15) is 0 Å². The number of aromatic nitrogens is 2. The molecule has 3 heterocycles. The number of fused-ring (bicyclic) bond motifs is 3. The Hall–Kier alpha value is -8.78. The van der Waals surface area contributed by atoms with E-state index in [9.17, 15) is 29.4 Å². The zero-order valence-electron chi connectivity index (χ0n) is 36.3. The number of rotatable bonds is 15. The molecule has 3 aromatic heterocycles. The summed E-state index contributed by atoms with van der Waals surface area (Å²) >= 11 is 0. The second kappa shape index (κ2) is 20.8. The van der Waals surface area contributed by atoms with Crippen molar-refractivity contribution >= 4 is 62.8 Å².